The van der Waals surface area contributed by atoms with Crippen LogP contribution in [0.5, 0.6) is 5.75 Å². The van der Waals surface area contributed by atoms with E-state index in [0.29, 0.717) is 5.58 Å². The molecule has 1 aliphatic rings. The van der Waals surface area contributed by atoms with Gasteiger partial charge in [-0.25, -0.2) is 4.79 Å². The minimum atomic E-state index is -2.35. The topological polar surface area (TPSA) is 95.2 Å². The number of ether oxygens (including phenoxy) is 3. The van der Waals surface area contributed by atoms with Crippen molar-refractivity contribution < 1.29 is 28.5 Å². The molecule has 0 spiro atoms. The normalized spacial score (nSPS) is 22.7. The number of thioether (sulfide) groups is 1. The van der Waals surface area contributed by atoms with Crippen LogP contribution in [-0.2, 0) is 26.5 Å². The van der Waals surface area contributed by atoms with E-state index >= 15 is 0 Å². The molecule has 0 saturated carbocycles. The summed E-state index contributed by atoms with van der Waals surface area (Å²) in [6, 6.07) is 14.3. The third kappa shape index (κ3) is 3.50. The molecule has 0 unspecified atom stereocenters. The average molecular weight is 442 g/mol. The molecule has 0 amide bonds. The van der Waals surface area contributed by atoms with Gasteiger partial charge in [0.15, 0.2) is 5.09 Å². The molecular formula is C23H22O7S. The lowest BCUT2D eigenvalue weighted by Gasteiger charge is -2.40. The van der Waals surface area contributed by atoms with Crippen molar-refractivity contribution in [2.24, 2.45) is 0 Å². The molecule has 2 heterocycles. The maximum Gasteiger partial charge on any atom is 0.345 e. The highest BCUT2D eigenvalue weighted by Crippen LogP contribution is 2.46. The van der Waals surface area contributed by atoms with Gasteiger partial charge in [-0.1, -0.05) is 55.1 Å². The monoisotopic (exact) mass is 442 g/mol. The average Bonchev–Trinajstić information content (AvgIpc) is 2.78. The van der Waals surface area contributed by atoms with Gasteiger partial charge in [-0.3, -0.25) is 4.79 Å². The Bertz CT molecular complexity index is 1170. The molecule has 3 aromatic rings. The number of hydrogen-bond acceptors (Lipinski definition) is 8. The standard InChI is InChI=1S/C23H22O7S/c1-13-20(29-12-14-8-5-4-6-9-14)23(26,22(25)28-3)18-19(24)17-15(27-2)10-7-11-16(17)30-21(18)31-13/h4-11,13,20,26H,12H2,1-3H3/t13-,20+,23+/m0/s1. The van der Waals surface area contributed by atoms with Gasteiger partial charge in [0.05, 0.1) is 26.4 Å². The molecule has 7 nitrogen and oxygen atoms in total. The molecule has 2 aromatic carbocycles. The molecule has 0 aliphatic carbocycles. The van der Waals surface area contributed by atoms with Crippen LogP contribution in [0.2, 0.25) is 0 Å². The summed E-state index contributed by atoms with van der Waals surface area (Å²) in [4.78, 5) is 26.4. The summed E-state index contributed by atoms with van der Waals surface area (Å²) >= 11 is 1.23. The molecule has 3 atom stereocenters. The third-order valence-electron chi connectivity index (χ3n) is 5.35. The Balaban J connectivity index is 1.89. The Kier molecular flexibility index (Phi) is 5.79. The van der Waals surface area contributed by atoms with Gasteiger partial charge in [0, 0.05) is 5.25 Å². The van der Waals surface area contributed by atoms with E-state index < -0.39 is 28.4 Å². The lowest BCUT2D eigenvalue weighted by molar-refractivity contribution is -0.186. The minimum absolute atomic E-state index is 0.142. The van der Waals surface area contributed by atoms with Gasteiger partial charge in [-0.05, 0) is 17.7 Å². The van der Waals surface area contributed by atoms with E-state index in [0.717, 1.165) is 12.7 Å². The number of fused-ring (bicyclic) bond motifs is 2. The Morgan fingerprint density at radius 2 is 1.90 bits per heavy atom. The minimum Gasteiger partial charge on any atom is -0.496 e. The van der Waals surface area contributed by atoms with Crippen molar-refractivity contribution in [1.82, 2.24) is 0 Å². The Hall–Kier alpha value is -2.81. The summed E-state index contributed by atoms with van der Waals surface area (Å²) in [6.07, 6.45) is -1.05. The predicted octanol–water partition coefficient (Wildman–Crippen LogP) is 3.24. The largest absolute Gasteiger partial charge is 0.496 e. The number of esters is 1. The van der Waals surface area contributed by atoms with Gasteiger partial charge in [-0.2, -0.15) is 0 Å². The van der Waals surface area contributed by atoms with Crippen LogP contribution in [0.15, 0.2) is 62.8 Å². The molecule has 0 fully saturated rings. The number of carbonyl (C=O) groups is 1. The summed E-state index contributed by atoms with van der Waals surface area (Å²) < 4.78 is 22.2. The molecule has 4 rings (SSSR count). The van der Waals surface area contributed by atoms with E-state index in [1.165, 1.54) is 18.9 Å². The van der Waals surface area contributed by atoms with Crippen LogP contribution in [0.3, 0.4) is 0 Å². The zero-order valence-corrected chi connectivity index (χ0v) is 18.1. The van der Waals surface area contributed by atoms with Gasteiger partial charge in [-0.15, -0.1) is 0 Å². The highest BCUT2D eigenvalue weighted by atomic mass is 32.2. The first-order valence-corrected chi connectivity index (χ1v) is 10.6. The van der Waals surface area contributed by atoms with Crippen LogP contribution in [0.25, 0.3) is 11.0 Å². The lowest BCUT2D eigenvalue weighted by atomic mass is 9.86. The van der Waals surface area contributed by atoms with Crippen LogP contribution in [0.4, 0.5) is 0 Å². The summed E-state index contributed by atoms with van der Waals surface area (Å²) in [7, 11) is 2.59. The van der Waals surface area contributed by atoms with Crippen molar-refractivity contribution in [3.63, 3.8) is 0 Å². The second kappa shape index (κ2) is 8.37. The number of hydrogen-bond donors (Lipinski definition) is 1. The summed E-state index contributed by atoms with van der Waals surface area (Å²) in [6.45, 7) is 1.94. The molecule has 1 aliphatic heterocycles. The molecule has 1 aromatic heterocycles. The van der Waals surface area contributed by atoms with Crippen LogP contribution in [0.1, 0.15) is 18.1 Å². The fraction of sp³-hybridized carbons (Fsp3) is 0.304. The van der Waals surface area contributed by atoms with Crippen LogP contribution < -0.4 is 10.2 Å². The quantitative estimate of drug-likeness (QED) is 0.602. The molecular weight excluding hydrogens is 420 g/mol. The van der Waals surface area contributed by atoms with E-state index in [1.54, 1.807) is 25.1 Å². The zero-order valence-electron chi connectivity index (χ0n) is 17.3. The Morgan fingerprint density at radius 3 is 2.58 bits per heavy atom. The maximum absolute atomic E-state index is 13.5. The second-order valence-corrected chi connectivity index (χ2v) is 8.58. The van der Waals surface area contributed by atoms with E-state index in [4.69, 9.17) is 18.6 Å². The van der Waals surface area contributed by atoms with E-state index in [2.05, 4.69) is 0 Å². The van der Waals surface area contributed by atoms with Crippen LogP contribution in [-0.4, -0.2) is 36.6 Å². The van der Waals surface area contributed by atoms with Crippen molar-refractivity contribution in [2.75, 3.05) is 14.2 Å². The Morgan fingerprint density at radius 1 is 1.16 bits per heavy atom. The fourth-order valence-corrected chi connectivity index (χ4v) is 5.11. The smallest absolute Gasteiger partial charge is 0.345 e. The fourth-order valence-electron chi connectivity index (χ4n) is 3.87. The van der Waals surface area contributed by atoms with Crippen molar-refractivity contribution in [2.45, 2.75) is 35.6 Å². The second-order valence-electron chi connectivity index (χ2n) is 7.23. The number of carbonyl (C=O) groups excluding carboxylic acids is 1. The predicted molar refractivity (Wildman–Crippen MR) is 115 cm³/mol. The zero-order chi connectivity index (χ0) is 22.2. The summed E-state index contributed by atoms with van der Waals surface area (Å²) in [5.74, 6) is -0.702. The number of aliphatic hydroxyl groups is 1. The van der Waals surface area contributed by atoms with Crippen molar-refractivity contribution >= 4 is 28.7 Å². The number of methoxy groups -OCH3 is 2. The van der Waals surface area contributed by atoms with E-state index in [9.17, 15) is 14.7 Å². The molecule has 8 heteroatoms. The van der Waals surface area contributed by atoms with Gasteiger partial charge in [0.25, 0.3) is 0 Å². The summed E-state index contributed by atoms with van der Waals surface area (Å²) in [5, 5.41) is 11.6. The molecule has 1 N–H and O–H groups in total. The molecule has 162 valence electrons. The van der Waals surface area contributed by atoms with Gasteiger partial charge in [0.1, 0.15) is 22.8 Å². The van der Waals surface area contributed by atoms with Crippen molar-refractivity contribution in [1.29, 1.82) is 0 Å². The van der Waals surface area contributed by atoms with Crippen molar-refractivity contribution in [3.8, 4) is 5.75 Å². The molecule has 0 bridgehead atoms. The lowest BCUT2D eigenvalue weighted by Crippen LogP contribution is -2.57. The first-order chi connectivity index (χ1) is 14.9. The molecule has 31 heavy (non-hydrogen) atoms. The SMILES string of the molecule is COC(=O)[C@@]1(O)c2c(oc3cccc(OC)c3c2=O)S[C@@H](C)[C@H]1OCc1ccccc1. The van der Waals surface area contributed by atoms with Crippen LogP contribution >= 0.6 is 11.8 Å². The van der Waals surface area contributed by atoms with E-state index in [-0.39, 0.29) is 28.4 Å². The number of rotatable bonds is 5. The van der Waals surface area contributed by atoms with E-state index in [1.807, 2.05) is 30.3 Å². The maximum atomic E-state index is 13.5. The van der Waals surface area contributed by atoms with Crippen LogP contribution in [0, 0.1) is 0 Å². The first kappa shape index (κ1) is 21.4. The first-order valence-electron chi connectivity index (χ1n) is 9.69. The molecule has 0 saturated heterocycles. The van der Waals surface area contributed by atoms with Gasteiger partial charge in [0.2, 0.25) is 11.0 Å². The highest BCUT2D eigenvalue weighted by molar-refractivity contribution is 7.99. The highest BCUT2D eigenvalue weighted by Gasteiger charge is 2.57. The number of benzene rings is 2. The van der Waals surface area contributed by atoms with Gasteiger partial charge >= 0.3 is 5.97 Å². The Labute approximate surface area is 182 Å². The summed E-state index contributed by atoms with van der Waals surface area (Å²) in [5.41, 5.74) is -1.94. The van der Waals surface area contributed by atoms with Gasteiger partial charge < -0.3 is 23.7 Å². The third-order valence-corrected chi connectivity index (χ3v) is 6.47. The molecule has 0 radical (unpaired) electrons. The van der Waals surface area contributed by atoms with Crippen molar-refractivity contribution in [3.05, 3.63) is 69.9 Å².